The third kappa shape index (κ3) is 4.35. The summed E-state index contributed by atoms with van der Waals surface area (Å²) in [5.74, 6) is 1.56. The number of aliphatic imine (C=N–C) groups is 1. The summed E-state index contributed by atoms with van der Waals surface area (Å²) in [6.45, 7) is 6.89. The molecule has 0 spiro atoms. The van der Waals surface area contributed by atoms with Gasteiger partial charge in [-0.15, -0.1) is 10.2 Å². The molecule has 0 atom stereocenters. The Morgan fingerprint density at radius 1 is 1.10 bits per heavy atom. The first-order chi connectivity index (χ1) is 14.7. The van der Waals surface area contributed by atoms with Gasteiger partial charge >= 0.3 is 0 Å². The summed E-state index contributed by atoms with van der Waals surface area (Å²) in [7, 11) is 0. The smallest absolute Gasteiger partial charge is 0.165 e. The average molecular weight is 469 g/mol. The Labute approximate surface area is 184 Å². The van der Waals surface area contributed by atoms with Crippen molar-refractivity contribution in [2.75, 3.05) is 13.1 Å². The molecule has 0 unspecified atom stereocenters. The lowest BCUT2D eigenvalue weighted by Gasteiger charge is -2.20. The van der Waals surface area contributed by atoms with E-state index in [4.69, 9.17) is 9.83 Å². The van der Waals surface area contributed by atoms with Gasteiger partial charge in [-0.05, 0) is 43.2 Å². The van der Waals surface area contributed by atoms with Gasteiger partial charge in [0.05, 0.1) is 17.1 Å². The largest absolute Gasteiger partial charge is 0.291 e. The highest BCUT2D eigenvalue weighted by Gasteiger charge is 2.24. The highest BCUT2D eigenvalue weighted by Crippen LogP contribution is 2.28. The van der Waals surface area contributed by atoms with Gasteiger partial charge < -0.3 is 0 Å². The highest BCUT2D eigenvalue weighted by molar-refractivity contribution is 9.10. The van der Waals surface area contributed by atoms with Gasteiger partial charge in [-0.2, -0.15) is 5.06 Å². The molecule has 1 aromatic carbocycles. The molecule has 3 heterocycles. The van der Waals surface area contributed by atoms with Crippen LogP contribution in [0.5, 0.6) is 0 Å². The van der Waals surface area contributed by atoms with Crippen LogP contribution < -0.4 is 0 Å². The average Bonchev–Trinajstić information content (AvgIpc) is 3.08. The molecule has 4 rings (SSSR count). The van der Waals surface area contributed by atoms with Crippen molar-refractivity contribution >= 4 is 21.6 Å². The minimum absolute atomic E-state index is 0.363. The lowest BCUT2D eigenvalue weighted by molar-refractivity contribution is -0.171. The number of fused-ring (bicyclic) bond motifs is 3. The third-order valence-corrected chi connectivity index (χ3v) is 5.35. The molecular formula is C22H25BrN6O. The quantitative estimate of drug-likeness (QED) is 0.460. The van der Waals surface area contributed by atoms with Crippen molar-refractivity contribution in [2.24, 2.45) is 4.99 Å². The zero-order chi connectivity index (χ0) is 20.9. The van der Waals surface area contributed by atoms with E-state index in [-0.39, 0.29) is 0 Å². The van der Waals surface area contributed by atoms with Crippen molar-refractivity contribution in [1.82, 2.24) is 24.8 Å². The fourth-order valence-corrected chi connectivity index (χ4v) is 3.93. The number of rotatable bonds is 8. The number of benzene rings is 1. The van der Waals surface area contributed by atoms with Crippen molar-refractivity contribution < 1.29 is 4.84 Å². The van der Waals surface area contributed by atoms with Gasteiger partial charge in [0, 0.05) is 29.3 Å². The highest BCUT2D eigenvalue weighted by atomic mass is 79.9. The molecule has 3 aromatic rings. The first-order valence-electron chi connectivity index (χ1n) is 10.3. The second kappa shape index (κ2) is 9.59. The summed E-state index contributed by atoms with van der Waals surface area (Å²) in [6.07, 6.45) is 3.86. The first kappa shape index (κ1) is 20.8. The fraction of sp³-hybridized carbons (Fsp3) is 0.364. The molecule has 1 aliphatic heterocycles. The molecule has 156 valence electrons. The summed E-state index contributed by atoms with van der Waals surface area (Å²) in [4.78, 5) is 15.4. The topological polar surface area (TPSA) is 68.4 Å². The molecule has 0 bridgehead atoms. The molecule has 0 radical (unpaired) electrons. The summed E-state index contributed by atoms with van der Waals surface area (Å²) in [5.41, 5.74) is 3.66. The molecule has 1 aliphatic rings. The monoisotopic (exact) mass is 468 g/mol. The number of nitrogens with zero attached hydrogens (tertiary/aromatic N) is 6. The van der Waals surface area contributed by atoms with Crippen LogP contribution in [0.4, 0.5) is 0 Å². The van der Waals surface area contributed by atoms with Gasteiger partial charge in [0.1, 0.15) is 13.2 Å². The van der Waals surface area contributed by atoms with E-state index < -0.39 is 0 Å². The Morgan fingerprint density at radius 2 is 1.93 bits per heavy atom. The molecule has 2 aromatic heterocycles. The predicted octanol–water partition coefficient (Wildman–Crippen LogP) is 4.33. The molecule has 0 N–H and O–H groups in total. The molecule has 7 nitrogen and oxygen atoms in total. The maximum atomic E-state index is 6.08. The Kier molecular flexibility index (Phi) is 6.66. The number of halogens is 1. The minimum atomic E-state index is 0.363. The Bertz CT molecular complexity index is 1030. The number of hydroxylamine groups is 2. The molecule has 0 saturated carbocycles. The summed E-state index contributed by atoms with van der Waals surface area (Å²) in [6, 6.07) is 12.0. The third-order valence-electron chi connectivity index (χ3n) is 4.86. The number of hydrogen-bond acceptors (Lipinski definition) is 6. The fourth-order valence-electron chi connectivity index (χ4n) is 3.57. The zero-order valence-corrected chi connectivity index (χ0v) is 18.8. The molecule has 30 heavy (non-hydrogen) atoms. The lowest BCUT2D eigenvalue weighted by Crippen LogP contribution is -2.26. The van der Waals surface area contributed by atoms with Crippen molar-refractivity contribution in [3.05, 3.63) is 70.0 Å². The van der Waals surface area contributed by atoms with E-state index in [0.717, 1.165) is 64.7 Å². The molecule has 0 amide bonds. The summed E-state index contributed by atoms with van der Waals surface area (Å²) in [5, 5.41) is 10.8. The summed E-state index contributed by atoms with van der Waals surface area (Å²) >= 11 is 3.60. The number of aromatic nitrogens is 4. The van der Waals surface area contributed by atoms with E-state index in [1.165, 1.54) is 0 Å². The van der Waals surface area contributed by atoms with Crippen LogP contribution in [-0.2, 0) is 18.0 Å². The SMILES string of the molecule is CCCN(CCC)OCc1nnc2n1-c1ccc(Br)cc1C(c1ccccn1)=NC2. The standard InChI is InChI=1S/C22H25BrN6O/c1-3-11-28(12-4-2)30-15-21-27-26-20-14-25-22(18-7-5-6-10-24-18)17-13-16(23)8-9-19(17)29(20)21/h5-10,13H,3-4,11-12,14-15H2,1-2H3. The van der Waals surface area contributed by atoms with Crippen LogP contribution in [0.3, 0.4) is 0 Å². The van der Waals surface area contributed by atoms with Gasteiger partial charge in [0.25, 0.3) is 0 Å². The molecular weight excluding hydrogens is 444 g/mol. The van der Waals surface area contributed by atoms with Crippen LogP contribution in [-0.4, -0.2) is 43.6 Å². The Hall–Kier alpha value is -2.42. The van der Waals surface area contributed by atoms with Gasteiger partial charge in [0.15, 0.2) is 11.6 Å². The van der Waals surface area contributed by atoms with E-state index in [1.54, 1.807) is 6.20 Å². The molecule has 8 heteroatoms. The Morgan fingerprint density at radius 3 is 2.67 bits per heavy atom. The van der Waals surface area contributed by atoms with Crippen molar-refractivity contribution in [2.45, 2.75) is 39.8 Å². The predicted molar refractivity (Wildman–Crippen MR) is 120 cm³/mol. The van der Waals surface area contributed by atoms with Crippen LogP contribution in [0.2, 0.25) is 0 Å². The lowest BCUT2D eigenvalue weighted by atomic mass is 10.0. The maximum absolute atomic E-state index is 6.08. The van der Waals surface area contributed by atoms with Gasteiger partial charge in [0.2, 0.25) is 0 Å². The van der Waals surface area contributed by atoms with Crippen LogP contribution >= 0.6 is 15.9 Å². The maximum Gasteiger partial charge on any atom is 0.165 e. The second-order valence-corrected chi connectivity index (χ2v) is 8.03. The van der Waals surface area contributed by atoms with E-state index >= 15 is 0 Å². The minimum Gasteiger partial charge on any atom is -0.291 e. The van der Waals surface area contributed by atoms with E-state index in [0.29, 0.717) is 13.2 Å². The van der Waals surface area contributed by atoms with Gasteiger partial charge in [-0.25, -0.2) is 0 Å². The second-order valence-electron chi connectivity index (χ2n) is 7.11. The number of pyridine rings is 1. The van der Waals surface area contributed by atoms with Gasteiger partial charge in [-0.3, -0.25) is 19.4 Å². The van der Waals surface area contributed by atoms with Gasteiger partial charge in [-0.1, -0.05) is 35.8 Å². The molecule has 0 fully saturated rings. The van der Waals surface area contributed by atoms with Crippen LogP contribution in [0.25, 0.3) is 5.69 Å². The first-order valence-corrected chi connectivity index (χ1v) is 11.1. The molecule has 0 aliphatic carbocycles. The normalized spacial score (nSPS) is 13.0. The van der Waals surface area contributed by atoms with E-state index in [1.807, 2.05) is 29.3 Å². The Balaban J connectivity index is 1.72. The van der Waals surface area contributed by atoms with Crippen molar-refractivity contribution in [1.29, 1.82) is 0 Å². The van der Waals surface area contributed by atoms with Crippen LogP contribution in [0.1, 0.15) is 49.6 Å². The van der Waals surface area contributed by atoms with Crippen molar-refractivity contribution in [3.8, 4) is 5.69 Å². The van der Waals surface area contributed by atoms with E-state index in [2.05, 4.69) is 61.7 Å². The zero-order valence-electron chi connectivity index (χ0n) is 17.3. The number of hydrogen-bond donors (Lipinski definition) is 0. The van der Waals surface area contributed by atoms with Crippen LogP contribution in [0.15, 0.2) is 52.1 Å². The van der Waals surface area contributed by atoms with E-state index in [9.17, 15) is 0 Å². The van der Waals surface area contributed by atoms with Crippen LogP contribution in [0, 0.1) is 0 Å². The summed E-state index contributed by atoms with van der Waals surface area (Å²) < 4.78 is 3.05. The van der Waals surface area contributed by atoms with Crippen molar-refractivity contribution in [3.63, 3.8) is 0 Å². The molecule has 0 saturated heterocycles.